The van der Waals surface area contributed by atoms with E-state index in [0.717, 1.165) is 0 Å². The number of hydrogen-bond donors (Lipinski definition) is 0. The van der Waals surface area contributed by atoms with E-state index in [9.17, 15) is 4.79 Å². The lowest BCUT2D eigenvalue weighted by atomic mass is 10.0. The molecule has 2 saturated heterocycles. The van der Waals surface area contributed by atoms with Crippen LogP contribution in [-0.4, -0.2) is 64.2 Å². The highest BCUT2D eigenvalue weighted by atomic mass is 16.7. The summed E-state index contributed by atoms with van der Waals surface area (Å²) in [5.41, 5.74) is 0.458. The maximum Gasteiger partial charge on any atom is 0.257 e. The Morgan fingerprint density at radius 1 is 1.00 bits per heavy atom. The molecule has 0 radical (unpaired) electrons. The molecule has 1 aromatic rings. The number of carbonyl (C=O) groups is 1. The monoisotopic (exact) mass is 337 g/mol. The fourth-order valence-corrected chi connectivity index (χ4v) is 3.28. The summed E-state index contributed by atoms with van der Waals surface area (Å²) in [6.07, 6.45) is 1.35. The average Bonchev–Trinajstić information content (AvgIpc) is 3.08. The highest BCUT2D eigenvalue weighted by Gasteiger charge is 2.41. The van der Waals surface area contributed by atoms with Gasteiger partial charge in [-0.1, -0.05) is 0 Å². The van der Waals surface area contributed by atoms with Gasteiger partial charge in [-0.05, 0) is 12.1 Å². The topological polar surface area (TPSA) is 66.5 Å². The van der Waals surface area contributed by atoms with Crippen LogP contribution >= 0.6 is 0 Å². The van der Waals surface area contributed by atoms with E-state index in [1.54, 1.807) is 24.1 Å². The molecule has 7 nitrogen and oxygen atoms in total. The summed E-state index contributed by atoms with van der Waals surface area (Å²) in [4.78, 5) is 14.7. The van der Waals surface area contributed by atoms with Crippen LogP contribution in [-0.2, 0) is 9.47 Å². The van der Waals surface area contributed by atoms with Crippen LogP contribution in [0.15, 0.2) is 12.1 Å². The number of nitrogens with zero attached hydrogens (tertiary/aromatic N) is 1. The van der Waals surface area contributed by atoms with Crippen molar-refractivity contribution in [3.05, 3.63) is 17.7 Å². The molecule has 2 fully saturated rings. The molecule has 0 unspecified atom stereocenters. The smallest absolute Gasteiger partial charge is 0.257 e. The van der Waals surface area contributed by atoms with Crippen molar-refractivity contribution >= 4 is 5.91 Å². The van der Waals surface area contributed by atoms with E-state index < -0.39 is 5.79 Å². The average molecular weight is 337 g/mol. The van der Waals surface area contributed by atoms with E-state index in [2.05, 4.69) is 0 Å². The van der Waals surface area contributed by atoms with Crippen molar-refractivity contribution in [2.75, 3.05) is 47.6 Å². The van der Waals surface area contributed by atoms with Gasteiger partial charge < -0.3 is 28.6 Å². The van der Waals surface area contributed by atoms with Crippen molar-refractivity contribution in [3.63, 3.8) is 0 Å². The molecule has 0 aliphatic carbocycles. The van der Waals surface area contributed by atoms with E-state index in [0.29, 0.717) is 62.0 Å². The van der Waals surface area contributed by atoms with Crippen molar-refractivity contribution in [1.29, 1.82) is 0 Å². The molecule has 1 spiro atoms. The first-order valence-corrected chi connectivity index (χ1v) is 8.00. The lowest BCUT2D eigenvalue weighted by Gasteiger charge is -2.37. The minimum atomic E-state index is -0.502. The zero-order chi connectivity index (χ0) is 17.2. The molecule has 7 heteroatoms. The molecule has 2 aliphatic rings. The molecule has 0 bridgehead atoms. The predicted octanol–water partition coefficient (Wildman–Crippen LogP) is 1.69. The van der Waals surface area contributed by atoms with Gasteiger partial charge in [0.15, 0.2) is 17.3 Å². The van der Waals surface area contributed by atoms with Gasteiger partial charge in [0.05, 0.1) is 40.1 Å². The highest BCUT2D eigenvalue weighted by molar-refractivity contribution is 5.98. The van der Waals surface area contributed by atoms with Crippen LogP contribution in [0.4, 0.5) is 0 Å². The molecule has 24 heavy (non-hydrogen) atoms. The quantitative estimate of drug-likeness (QED) is 0.833. The van der Waals surface area contributed by atoms with Gasteiger partial charge in [0.1, 0.15) is 0 Å². The predicted molar refractivity (Wildman–Crippen MR) is 85.9 cm³/mol. The van der Waals surface area contributed by atoms with Crippen LogP contribution in [0.25, 0.3) is 0 Å². The standard InChI is InChI=1S/C17H23NO6/c1-20-13-5-4-12(14(21-2)15(13)22-3)16(19)18-8-6-17(7-9-18)23-10-11-24-17/h4-5H,6-11H2,1-3H3. The molecule has 0 atom stereocenters. The number of ether oxygens (including phenoxy) is 5. The number of carbonyl (C=O) groups excluding carboxylic acids is 1. The van der Waals surface area contributed by atoms with Gasteiger partial charge >= 0.3 is 0 Å². The number of methoxy groups -OCH3 is 3. The molecule has 2 aliphatic heterocycles. The molecule has 0 N–H and O–H groups in total. The first-order valence-electron chi connectivity index (χ1n) is 8.00. The van der Waals surface area contributed by atoms with E-state index >= 15 is 0 Å². The van der Waals surface area contributed by atoms with Crippen LogP contribution in [0, 0.1) is 0 Å². The second-order valence-electron chi connectivity index (χ2n) is 5.78. The van der Waals surface area contributed by atoms with Gasteiger partial charge in [-0.15, -0.1) is 0 Å². The minimum Gasteiger partial charge on any atom is -0.493 e. The summed E-state index contributed by atoms with van der Waals surface area (Å²) < 4.78 is 27.4. The zero-order valence-electron chi connectivity index (χ0n) is 14.3. The number of likely N-dealkylation sites (tertiary alicyclic amines) is 1. The summed E-state index contributed by atoms with van der Waals surface area (Å²) in [7, 11) is 4.58. The van der Waals surface area contributed by atoms with Crippen molar-refractivity contribution in [2.24, 2.45) is 0 Å². The van der Waals surface area contributed by atoms with E-state index in [1.165, 1.54) is 14.2 Å². The maximum atomic E-state index is 12.9. The number of hydrogen-bond acceptors (Lipinski definition) is 6. The Labute approximate surface area is 141 Å². The van der Waals surface area contributed by atoms with Crippen LogP contribution in [0.5, 0.6) is 17.2 Å². The molecule has 2 heterocycles. The van der Waals surface area contributed by atoms with Gasteiger partial charge in [0, 0.05) is 25.9 Å². The van der Waals surface area contributed by atoms with Crippen molar-refractivity contribution in [2.45, 2.75) is 18.6 Å². The van der Waals surface area contributed by atoms with Gasteiger partial charge in [-0.25, -0.2) is 0 Å². The Morgan fingerprint density at radius 2 is 1.62 bits per heavy atom. The number of piperidine rings is 1. The molecule has 0 saturated carbocycles. The third kappa shape index (κ3) is 2.89. The normalized spacial score (nSPS) is 19.4. The lowest BCUT2D eigenvalue weighted by Crippen LogP contribution is -2.47. The molecule has 0 aromatic heterocycles. The van der Waals surface area contributed by atoms with E-state index in [1.807, 2.05) is 0 Å². The third-order valence-corrected chi connectivity index (χ3v) is 4.56. The van der Waals surface area contributed by atoms with Crippen molar-refractivity contribution in [3.8, 4) is 17.2 Å². The van der Waals surface area contributed by atoms with E-state index in [-0.39, 0.29) is 5.91 Å². The Hall–Kier alpha value is -1.99. The SMILES string of the molecule is COc1ccc(C(=O)N2CCC3(CC2)OCCO3)c(OC)c1OC. The molecular weight excluding hydrogens is 314 g/mol. The summed E-state index contributed by atoms with van der Waals surface area (Å²) >= 11 is 0. The number of rotatable bonds is 4. The maximum absolute atomic E-state index is 12.9. The van der Waals surface area contributed by atoms with Gasteiger partial charge in [0.25, 0.3) is 5.91 Å². The van der Waals surface area contributed by atoms with Gasteiger partial charge in [-0.3, -0.25) is 4.79 Å². The summed E-state index contributed by atoms with van der Waals surface area (Å²) in [5, 5.41) is 0. The van der Waals surface area contributed by atoms with Gasteiger partial charge in [0.2, 0.25) is 5.75 Å². The fourth-order valence-electron chi connectivity index (χ4n) is 3.28. The Balaban J connectivity index is 1.80. The minimum absolute atomic E-state index is 0.0966. The molecule has 132 valence electrons. The van der Waals surface area contributed by atoms with Crippen LogP contribution in [0.1, 0.15) is 23.2 Å². The fraction of sp³-hybridized carbons (Fsp3) is 0.588. The Morgan fingerprint density at radius 3 is 2.17 bits per heavy atom. The Kier molecular flexibility index (Phi) is 4.82. The Bertz CT molecular complexity index is 601. The van der Waals surface area contributed by atoms with Crippen LogP contribution in [0.2, 0.25) is 0 Å². The largest absolute Gasteiger partial charge is 0.493 e. The van der Waals surface area contributed by atoms with Crippen LogP contribution in [0.3, 0.4) is 0 Å². The number of amides is 1. The van der Waals surface area contributed by atoms with Crippen molar-refractivity contribution < 1.29 is 28.5 Å². The molecule has 3 rings (SSSR count). The highest BCUT2D eigenvalue weighted by Crippen LogP contribution is 2.41. The molecular formula is C17H23NO6. The lowest BCUT2D eigenvalue weighted by molar-refractivity contribution is -0.181. The molecule has 1 aromatic carbocycles. The first-order chi connectivity index (χ1) is 11.6. The summed E-state index contributed by atoms with van der Waals surface area (Å²) in [6.45, 7) is 2.40. The third-order valence-electron chi connectivity index (χ3n) is 4.56. The van der Waals surface area contributed by atoms with E-state index in [4.69, 9.17) is 23.7 Å². The van der Waals surface area contributed by atoms with Crippen LogP contribution < -0.4 is 14.2 Å². The van der Waals surface area contributed by atoms with Gasteiger partial charge in [-0.2, -0.15) is 0 Å². The number of benzene rings is 1. The second kappa shape index (κ2) is 6.86. The molecule has 1 amide bonds. The second-order valence-corrected chi connectivity index (χ2v) is 5.78. The zero-order valence-corrected chi connectivity index (χ0v) is 14.3. The summed E-state index contributed by atoms with van der Waals surface area (Å²) in [5.74, 6) is 0.729. The first kappa shape index (κ1) is 16.9. The van der Waals surface area contributed by atoms with Crippen molar-refractivity contribution in [1.82, 2.24) is 4.90 Å². The summed E-state index contributed by atoms with van der Waals surface area (Å²) in [6, 6.07) is 3.42.